The van der Waals surface area contributed by atoms with Crippen LogP contribution in [0.1, 0.15) is 17.0 Å². The van der Waals surface area contributed by atoms with E-state index in [0.29, 0.717) is 30.3 Å². The van der Waals surface area contributed by atoms with E-state index in [2.05, 4.69) is 5.16 Å². The Hall–Kier alpha value is -1.84. The van der Waals surface area contributed by atoms with Gasteiger partial charge in [-0.25, -0.2) is 8.42 Å². The van der Waals surface area contributed by atoms with Gasteiger partial charge in [-0.1, -0.05) is 23.4 Å². The molecule has 9 heteroatoms. The van der Waals surface area contributed by atoms with Crippen LogP contribution in [0.2, 0.25) is 0 Å². The summed E-state index contributed by atoms with van der Waals surface area (Å²) in [7, 11) is -3.66. The van der Waals surface area contributed by atoms with Gasteiger partial charge >= 0.3 is 0 Å². The van der Waals surface area contributed by atoms with Gasteiger partial charge in [0.15, 0.2) is 5.76 Å². The molecule has 0 N–H and O–H groups in total. The van der Waals surface area contributed by atoms with Crippen LogP contribution < -0.4 is 0 Å². The number of hydrogen-bond acceptors (Lipinski definition) is 6. The number of aryl methyl sites for hydroxylation is 3. The molecule has 1 aromatic heterocycles. The number of hydrogen-bond donors (Lipinski definition) is 0. The number of piperazine rings is 1. The first-order chi connectivity index (χ1) is 12.8. The molecule has 0 bridgehead atoms. The van der Waals surface area contributed by atoms with E-state index in [-0.39, 0.29) is 23.9 Å². The van der Waals surface area contributed by atoms with E-state index in [4.69, 9.17) is 4.52 Å². The molecular weight excluding hydrogens is 386 g/mol. The summed E-state index contributed by atoms with van der Waals surface area (Å²) in [6.07, 6.45) is 0. The van der Waals surface area contributed by atoms with Crippen molar-refractivity contribution in [1.29, 1.82) is 0 Å². The van der Waals surface area contributed by atoms with Crippen LogP contribution in [0.5, 0.6) is 0 Å². The van der Waals surface area contributed by atoms with Crippen molar-refractivity contribution in [1.82, 2.24) is 14.4 Å². The number of sulfonamides is 1. The van der Waals surface area contributed by atoms with Gasteiger partial charge in [0, 0.05) is 31.1 Å². The minimum absolute atomic E-state index is 0.0256. The second kappa shape index (κ2) is 8.04. The van der Waals surface area contributed by atoms with Crippen molar-refractivity contribution < 1.29 is 17.7 Å². The smallest absolute Gasteiger partial charge is 0.248 e. The molecule has 0 spiro atoms. The average molecular weight is 410 g/mol. The molecular formula is C18H23N3O4S2. The first kappa shape index (κ1) is 19.9. The highest BCUT2D eigenvalue weighted by atomic mass is 32.2. The summed E-state index contributed by atoms with van der Waals surface area (Å²) in [6, 6.07) is 7.95. The molecule has 2 aromatic rings. The Labute approximate surface area is 163 Å². The molecule has 1 amide bonds. The SMILES string of the molecule is Cc1ccccc1SCC(=O)N1CCN(S(=O)(=O)c2c(C)noc2C)CC1. The standard InChI is InChI=1S/C18H23N3O4S2/c1-13-6-4-5-7-16(13)26-12-17(22)20-8-10-21(11-9-20)27(23,24)18-14(2)19-25-15(18)3/h4-7H,8-12H2,1-3H3. The number of rotatable bonds is 5. The Morgan fingerprint density at radius 2 is 1.81 bits per heavy atom. The third-order valence-electron chi connectivity index (χ3n) is 4.60. The van der Waals surface area contributed by atoms with Crippen LogP contribution in [0.15, 0.2) is 38.6 Å². The van der Waals surface area contributed by atoms with Gasteiger partial charge in [0.2, 0.25) is 15.9 Å². The molecule has 0 radical (unpaired) electrons. The molecule has 1 fully saturated rings. The molecule has 0 saturated carbocycles. The van der Waals surface area contributed by atoms with Crippen molar-refractivity contribution in [3.8, 4) is 0 Å². The summed E-state index contributed by atoms with van der Waals surface area (Å²) in [4.78, 5) is 15.4. The highest BCUT2D eigenvalue weighted by Crippen LogP contribution is 2.25. The molecule has 2 heterocycles. The Bertz CT molecular complexity index is 912. The summed E-state index contributed by atoms with van der Waals surface area (Å²) >= 11 is 1.51. The van der Waals surface area contributed by atoms with Crippen LogP contribution in [0.25, 0.3) is 0 Å². The lowest BCUT2D eigenvalue weighted by atomic mass is 10.2. The minimum atomic E-state index is -3.66. The molecule has 0 aliphatic carbocycles. The van der Waals surface area contributed by atoms with Crippen molar-refractivity contribution in [3.63, 3.8) is 0 Å². The summed E-state index contributed by atoms with van der Waals surface area (Å²) in [5.74, 6) is 0.667. The van der Waals surface area contributed by atoms with E-state index in [1.54, 1.807) is 18.7 Å². The second-order valence-electron chi connectivity index (χ2n) is 6.49. The van der Waals surface area contributed by atoms with E-state index >= 15 is 0 Å². The van der Waals surface area contributed by atoms with Crippen LogP contribution in [-0.2, 0) is 14.8 Å². The normalized spacial score (nSPS) is 15.9. The zero-order chi connectivity index (χ0) is 19.6. The number of carbonyl (C=O) groups excluding carboxylic acids is 1. The fraction of sp³-hybridized carbons (Fsp3) is 0.444. The molecule has 27 heavy (non-hydrogen) atoms. The third-order valence-corrected chi connectivity index (χ3v) is 7.91. The first-order valence-electron chi connectivity index (χ1n) is 8.70. The molecule has 1 aliphatic heterocycles. The van der Waals surface area contributed by atoms with Gasteiger partial charge in [-0.05, 0) is 32.4 Å². The van der Waals surface area contributed by atoms with Crippen LogP contribution in [0.4, 0.5) is 0 Å². The van der Waals surface area contributed by atoms with E-state index in [9.17, 15) is 13.2 Å². The van der Waals surface area contributed by atoms with Crippen LogP contribution in [0.3, 0.4) is 0 Å². The van der Waals surface area contributed by atoms with E-state index < -0.39 is 10.0 Å². The molecule has 146 valence electrons. The molecule has 1 saturated heterocycles. The molecule has 1 aliphatic rings. The quantitative estimate of drug-likeness (QED) is 0.704. The summed E-state index contributed by atoms with van der Waals surface area (Å²) in [5, 5.41) is 3.73. The van der Waals surface area contributed by atoms with Gasteiger partial charge in [-0.2, -0.15) is 4.31 Å². The average Bonchev–Trinajstić information content (AvgIpc) is 3.00. The maximum absolute atomic E-state index is 12.8. The Morgan fingerprint density at radius 3 is 2.41 bits per heavy atom. The lowest BCUT2D eigenvalue weighted by Gasteiger charge is -2.33. The number of carbonyl (C=O) groups is 1. The lowest BCUT2D eigenvalue weighted by Crippen LogP contribution is -2.51. The maximum atomic E-state index is 12.8. The monoisotopic (exact) mass is 409 g/mol. The van der Waals surface area contributed by atoms with Gasteiger partial charge < -0.3 is 9.42 Å². The molecule has 7 nitrogen and oxygen atoms in total. The topological polar surface area (TPSA) is 83.7 Å². The Morgan fingerprint density at radius 1 is 1.15 bits per heavy atom. The Balaban J connectivity index is 1.58. The van der Waals surface area contributed by atoms with Crippen LogP contribution >= 0.6 is 11.8 Å². The summed E-state index contributed by atoms with van der Waals surface area (Å²) < 4.78 is 32.1. The predicted molar refractivity (Wildman–Crippen MR) is 103 cm³/mol. The lowest BCUT2D eigenvalue weighted by molar-refractivity contribution is -0.129. The van der Waals surface area contributed by atoms with Crippen LogP contribution in [-0.4, -0.2) is 60.6 Å². The van der Waals surface area contributed by atoms with Gasteiger partial charge in [0.05, 0.1) is 5.75 Å². The maximum Gasteiger partial charge on any atom is 0.248 e. The second-order valence-corrected chi connectivity index (χ2v) is 9.38. The first-order valence-corrected chi connectivity index (χ1v) is 11.1. The predicted octanol–water partition coefficient (Wildman–Crippen LogP) is 2.23. The van der Waals surface area contributed by atoms with Crippen LogP contribution in [0, 0.1) is 20.8 Å². The molecule has 3 rings (SSSR count). The zero-order valence-corrected chi connectivity index (χ0v) is 17.3. The molecule has 0 unspecified atom stereocenters. The van der Waals surface area contributed by atoms with Crippen molar-refractivity contribution >= 4 is 27.7 Å². The van der Waals surface area contributed by atoms with Gasteiger partial charge in [-0.3, -0.25) is 4.79 Å². The highest BCUT2D eigenvalue weighted by molar-refractivity contribution is 8.00. The number of nitrogens with zero attached hydrogens (tertiary/aromatic N) is 3. The summed E-state index contributed by atoms with van der Waals surface area (Å²) in [6.45, 7) is 6.54. The van der Waals surface area contributed by atoms with Crippen molar-refractivity contribution in [2.45, 2.75) is 30.6 Å². The fourth-order valence-corrected chi connectivity index (χ4v) is 5.74. The van der Waals surface area contributed by atoms with E-state index in [1.165, 1.54) is 16.1 Å². The largest absolute Gasteiger partial charge is 0.360 e. The highest BCUT2D eigenvalue weighted by Gasteiger charge is 2.34. The van der Waals surface area contributed by atoms with Gasteiger partial charge in [-0.15, -0.1) is 11.8 Å². The number of thioether (sulfide) groups is 1. The summed E-state index contributed by atoms with van der Waals surface area (Å²) in [5.41, 5.74) is 1.51. The van der Waals surface area contributed by atoms with Crippen molar-refractivity contribution in [2.75, 3.05) is 31.9 Å². The van der Waals surface area contributed by atoms with Crippen molar-refractivity contribution in [3.05, 3.63) is 41.3 Å². The number of aromatic nitrogens is 1. The number of benzene rings is 1. The minimum Gasteiger partial charge on any atom is -0.360 e. The molecule has 1 aromatic carbocycles. The Kier molecular flexibility index (Phi) is 5.92. The molecule has 0 atom stereocenters. The zero-order valence-electron chi connectivity index (χ0n) is 15.6. The number of amides is 1. The van der Waals surface area contributed by atoms with E-state index in [0.717, 1.165) is 10.5 Å². The van der Waals surface area contributed by atoms with Gasteiger partial charge in [0.25, 0.3) is 0 Å². The fourth-order valence-electron chi connectivity index (χ4n) is 3.10. The van der Waals surface area contributed by atoms with E-state index in [1.807, 2.05) is 31.2 Å². The third kappa shape index (κ3) is 4.20. The van der Waals surface area contributed by atoms with Gasteiger partial charge in [0.1, 0.15) is 10.6 Å². The van der Waals surface area contributed by atoms with Crippen molar-refractivity contribution in [2.24, 2.45) is 0 Å².